The number of rotatable bonds is 9. The fraction of sp³-hybridized carbons (Fsp3) is 0.421. The van der Waals surface area contributed by atoms with Crippen LogP contribution in [0.4, 0.5) is 5.69 Å². The van der Waals surface area contributed by atoms with Gasteiger partial charge in [0.05, 0.1) is 18.5 Å². The zero-order chi connectivity index (χ0) is 16.5. The Balaban J connectivity index is 2.11. The largest absolute Gasteiger partial charge is 0.497 e. The quantitative estimate of drug-likeness (QED) is 0.647. The van der Waals surface area contributed by atoms with Gasteiger partial charge in [-0.1, -0.05) is 25.8 Å². The van der Waals surface area contributed by atoms with Crippen LogP contribution < -0.4 is 14.4 Å². The van der Waals surface area contributed by atoms with E-state index < -0.39 is 0 Å². The molecule has 0 atom stereocenters. The highest BCUT2D eigenvalue weighted by molar-refractivity contribution is 5.60. The Kier molecular flexibility index (Phi) is 6.73. The van der Waals surface area contributed by atoms with E-state index in [1.54, 1.807) is 13.3 Å². The van der Waals surface area contributed by atoms with Gasteiger partial charge < -0.3 is 14.4 Å². The van der Waals surface area contributed by atoms with E-state index in [-0.39, 0.29) is 0 Å². The van der Waals surface area contributed by atoms with Crippen LogP contribution in [-0.4, -0.2) is 25.7 Å². The van der Waals surface area contributed by atoms with Gasteiger partial charge in [-0.25, -0.2) is 0 Å². The normalized spacial score (nSPS) is 10.4. The summed E-state index contributed by atoms with van der Waals surface area (Å²) in [5.41, 5.74) is 1.99. The van der Waals surface area contributed by atoms with Crippen molar-refractivity contribution in [3.8, 4) is 11.5 Å². The Bertz CT molecular complexity index is 587. The fourth-order valence-corrected chi connectivity index (χ4v) is 2.41. The van der Waals surface area contributed by atoms with Crippen LogP contribution in [0.25, 0.3) is 0 Å². The fourth-order valence-electron chi connectivity index (χ4n) is 2.41. The van der Waals surface area contributed by atoms with Crippen molar-refractivity contribution >= 4 is 5.69 Å². The summed E-state index contributed by atoms with van der Waals surface area (Å²) < 4.78 is 11.3. The number of pyridine rings is 1. The molecule has 124 valence electrons. The molecule has 1 aromatic heterocycles. The number of ether oxygens (including phenoxy) is 2. The number of nitrogens with zero attached hydrogens (tertiary/aromatic N) is 2. The Hall–Kier alpha value is -2.23. The summed E-state index contributed by atoms with van der Waals surface area (Å²) in [6, 6.07) is 11.8. The van der Waals surface area contributed by atoms with E-state index >= 15 is 0 Å². The lowest BCUT2D eigenvalue weighted by Crippen LogP contribution is -2.19. The van der Waals surface area contributed by atoms with Crippen molar-refractivity contribution in [1.82, 2.24) is 4.98 Å². The molecule has 0 amide bonds. The van der Waals surface area contributed by atoms with Gasteiger partial charge in [0.25, 0.3) is 0 Å². The minimum atomic E-state index is 0.448. The van der Waals surface area contributed by atoms with Crippen LogP contribution in [0, 0.1) is 0 Å². The first-order valence-electron chi connectivity index (χ1n) is 8.16. The van der Waals surface area contributed by atoms with Crippen LogP contribution in [0.3, 0.4) is 0 Å². The number of hydrogen-bond donors (Lipinski definition) is 0. The first-order chi connectivity index (χ1) is 11.2. The van der Waals surface area contributed by atoms with E-state index in [1.165, 1.54) is 19.3 Å². The van der Waals surface area contributed by atoms with Crippen molar-refractivity contribution in [2.45, 2.75) is 32.8 Å². The summed E-state index contributed by atoms with van der Waals surface area (Å²) in [7, 11) is 3.77. The first kappa shape index (κ1) is 17.1. The molecule has 0 aliphatic heterocycles. The van der Waals surface area contributed by atoms with Crippen molar-refractivity contribution in [3.63, 3.8) is 0 Å². The van der Waals surface area contributed by atoms with Gasteiger partial charge in [0, 0.05) is 25.9 Å². The van der Waals surface area contributed by atoms with Gasteiger partial charge in [-0.05, 0) is 30.7 Å². The van der Waals surface area contributed by atoms with Crippen LogP contribution in [0.15, 0.2) is 42.6 Å². The minimum Gasteiger partial charge on any atom is -0.497 e. The summed E-state index contributed by atoms with van der Waals surface area (Å²) in [6.07, 6.45) is 5.42. The Morgan fingerprint density at radius 2 is 2.00 bits per heavy atom. The van der Waals surface area contributed by atoms with Crippen molar-refractivity contribution in [2.75, 3.05) is 25.6 Å². The highest BCUT2D eigenvalue weighted by Gasteiger charge is 2.11. The number of methoxy groups -OCH3 is 1. The second-order valence-electron chi connectivity index (χ2n) is 5.57. The standard InChI is InChI=1S/C19H26N2O2/c1-4-5-8-13-21(2)18-11-10-17(22-3)14-19(18)23-15-16-9-6-7-12-20-16/h6-7,9-12,14H,4-5,8,13,15H2,1-3H3. The summed E-state index contributed by atoms with van der Waals surface area (Å²) in [4.78, 5) is 6.54. The lowest BCUT2D eigenvalue weighted by atomic mass is 10.2. The van der Waals surface area contributed by atoms with Crippen molar-refractivity contribution in [1.29, 1.82) is 0 Å². The number of anilines is 1. The van der Waals surface area contributed by atoms with Gasteiger partial charge in [0.15, 0.2) is 0 Å². The highest BCUT2D eigenvalue weighted by atomic mass is 16.5. The lowest BCUT2D eigenvalue weighted by molar-refractivity contribution is 0.299. The van der Waals surface area contributed by atoms with Crippen molar-refractivity contribution in [3.05, 3.63) is 48.3 Å². The molecule has 0 aliphatic carbocycles. The Morgan fingerprint density at radius 3 is 2.70 bits per heavy atom. The summed E-state index contributed by atoms with van der Waals surface area (Å²) >= 11 is 0. The third-order valence-electron chi connectivity index (χ3n) is 3.78. The molecule has 0 spiro atoms. The zero-order valence-corrected chi connectivity index (χ0v) is 14.3. The third-order valence-corrected chi connectivity index (χ3v) is 3.78. The minimum absolute atomic E-state index is 0.448. The maximum Gasteiger partial charge on any atom is 0.146 e. The SMILES string of the molecule is CCCCCN(C)c1ccc(OC)cc1OCc1ccccn1. The lowest BCUT2D eigenvalue weighted by Gasteiger charge is -2.23. The molecule has 0 fully saturated rings. The summed E-state index contributed by atoms with van der Waals surface area (Å²) in [6.45, 7) is 3.68. The Morgan fingerprint density at radius 1 is 1.13 bits per heavy atom. The first-order valence-corrected chi connectivity index (χ1v) is 8.16. The van der Waals surface area contributed by atoms with Crippen LogP contribution >= 0.6 is 0 Å². The number of aromatic nitrogens is 1. The van der Waals surface area contributed by atoms with Gasteiger partial charge in [0.1, 0.15) is 18.1 Å². The summed E-state index contributed by atoms with van der Waals surface area (Å²) in [5, 5.41) is 0. The van der Waals surface area contributed by atoms with Gasteiger partial charge in [-0.3, -0.25) is 4.98 Å². The number of benzene rings is 1. The van der Waals surface area contributed by atoms with Crippen molar-refractivity contribution < 1.29 is 9.47 Å². The molecule has 0 saturated heterocycles. The average molecular weight is 314 g/mol. The van der Waals surface area contributed by atoms with Gasteiger partial charge in [-0.2, -0.15) is 0 Å². The molecule has 4 nitrogen and oxygen atoms in total. The second kappa shape index (κ2) is 9.03. The molecule has 0 aliphatic rings. The third kappa shape index (κ3) is 5.16. The van der Waals surface area contributed by atoms with Crippen LogP contribution in [0.2, 0.25) is 0 Å². The van der Waals surface area contributed by atoms with Crippen LogP contribution in [-0.2, 0) is 6.61 Å². The molecule has 0 radical (unpaired) electrons. The summed E-state index contributed by atoms with van der Waals surface area (Å²) in [5.74, 6) is 1.63. The maximum absolute atomic E-state index is 6.01. The number of unbranched alkanes of at least 4 members (excludes halogenated alkanes) is 2. The molecule has 4 heteroatoms. The van der Waals surface area contributed by atoms with Gasteiger partial charge >= 0.3 is 0 Å². The predicted octanol–water partition coefficient (Wildman–Crippen LogP) is 4.30. The van der Waals surface area contributed by atoms with Crippen LogP contribution in [0.1, 0.15) is 31.9 Å². The van der Waals surface area contributed by atoms with E-state index in [1.807, 2.05) is 30.3 Å². The van der Waals surface area contributed by atoms with E-state index in [9.17, 15) is 0 Å². The predicted molar refractivity (Wildman–Crippen MR) is 94.4 cm³/mol. The average Bonchev–Trinajstić information content (AvgIpc) is 2.60. The molecule has 2 aromatic rings. The highest BCUT2D eigenvalue weighted by Crippen LogP contribution is 2.32. The van der Waals surface area contributed by atoms with E-state index in [2.05, 4.69) is 29.9 Å². The monoisotopic (exact) mass is 314 g/mol. The smallest absolute Gasteiger partial charge is 0.146 e. The van der Waals surface area contributed by atoms with Gasteiger partial charge in [0.2, 0.25) is 0 Å². The topological polar surface area (TPSA) is 34.6 Å². The van der Waals surface area contributed by atoms with Crippen molar-refractivity contribution in [2.24, 2.45) is 0 Å². The molecule has 0 bridgehead atoms. The zero-order valence-electron chi connectivity index (χ0n) is 14.3. The Labute approximate surface area is 139 Å². The van der Waals surface area contributed by atoms with E-state index in [4.69, 9.17) is 9.47 Å². The second-order valence-corrected chi connectivity index (χ2v) is 5.57. The molecule has 2 rings (SSSR count). The molecule has 1 aromatic carbocycles. The molecule has 0 N–H and O–H groups in total. The van der Waals surface area contributed by atoms with Gasteiger partial charge in [-0.15, -0.1) is 0 Å². The number of hydrogen-bond acceptors (Lipinski definition) is 4. The maximum atomic E-state index is 6.01. The van der Waals surface area contributed by atoms with E-state index in [0.717, 1.165) is 29.4 Å². The van der Waals surface area contributed by atoms with Crippen LogP contribution in [0.5, 0.6) is 11.5 Å². The molecule has 0 saturated carbocycles. The molecule has 23 heavy (non-hydrogen) atoms. The molecular formula is C19H26N2O2. The molecule has 0 unspecified atom stereocenters. The molecular weight excluding hydrogens is 288 g/mol. The van der Waals surface area contributed by atoms with E-state index in [0.29, 0.717) is 6.61 Å². The molecule has 1 heterocycles.